The summed E-state index contributed by atoms with van der Waals surface area (Å²) in [6, 6.07) is 8.12. The molecule has 0 radical (unpaired) electrons. The number of hydrogen-bond donors (Lipinski definition) is 2. The van der Waals surface area contributed by atoms with E-state index < -0.39 is 0 Å². The number of aromatic amines is 1. The lowest BCUT2D eigenvalue weighted by molar-refractivity contribution is 0.590. The van der Waals surface area contributed by atoms with Crippen molar-refractivity contribution in [2.75, 3.05) is 0 Å². The van der Waals surface area contributed by atoms with Crippen molar-refractivity contribution >= 4 is 10.8 Å². The van der Waals surface area contributed by atoms with Crippen molar-refractivity contribution in [1.82, 2.24) is 10.3 Å². The summed E-state index contributed by atoms with van der Waals surface area (Å²) in [5.74, 6) is 0. The Labute approximate surface area is 94.5 Å². The van der Waals surface area contributed by atoms with Gasteiger partial charge in [0.2, 0.25) is 0 Å². The van der Waals surface area contributed by atoms with Gasteiger partial charge in [-0.3, -0.25) is 4.79 Å². The first-order chi connectivity index (χ1) is 7.68. The standard InChI is InChI=1S/C13H16N2O/c1-9(2)14-7-10-8-15-13(16)12-6-4-3-5-11(10)12/h3-6,8-9,14H,7H2,1-2H3,(H,15,16). The fourth-order valence-corrected chi connectivity index (χ4v) is 1.73. The second-order valence-corrected chi connectivity index (χ2v) is 4.22. The Morgan fingerprint density at radius 1 is 1.25 bits per heavy atom. The van der Waals surface area contributed by atoms with Gasteiger partial charge in [0.05, 0.1) is 0 Å². The SMILES string of the molecule is CC(C)NCc1c[nH]c(=O)c2ccccc12. The molecular weight excluding hydrogens is 200 g/mol. The zero-order chi connectivity index (χ0) is 11.5. The predicted molar refractivity (Wildman–Crippen MR) is 66.5 cm³/mol. The molecule has 0 saturated carbocycles. The van der Waals surface area contributed by atoms with Crippen LogP contribution >= 0.6 is 0 Å². The number of nitrogens with one attached hydrogen (secondary N) is 2. The summed E-state index contributed by atoms with van der Waals surface area (Å²) in [7, 11) is 0. The van der Waals surface area contributed by atoms with Gasteiger partial charge in [-0.1, -0.05) is 32.0 Å². The average Bonchev–Trinajstić information content (AvgIpc) is 2.28. The average molecular weight is 216 g/mol. The second-order valence-electron chi connectivity index (χ2n) is 4.22. The molecule has 84 valence electrons. The third-order valence-corrected chi connectivity index (χ3v) is 2.60. The molecule has 3 heteroatoms. The fourth-order valence-electron chi connectivity index (χ4n) is 1.73. The lowest BCUT2D eigenvalue weighted by Gasteiger charge is -2.10. The van der Waals surface area contributed by atoms with Crippen molar-refractivity contribution < 1.29 is 0 Å². The summed E-state index contributed by atoms with van der Waals surface area (Å²) in [5.41, 5.74) is 1.10. The van der Waals surface area contributed by atoms with Gasteiger partial charge in [0.15, 0.2) is 0 Å². The Kier molecular flexibility index (Phi) is 3.06. The maximum absolute atomic E-state index is 11.6. The predicted octanol–water partition coefficient (Wildman–Crippen LogP) is 2.03. The minimum atomic E-state index is -0.0242. The van der Waals surface area contributed by atoms with E-state index in [2.05, 4.69) is 24.1 Å². The molecule has 2 rings (SSSR count). The van der Waals surface area contributed by atoms with Crippen LogP contribution in [0.1, 0.15) is 19.4 Å². The molecule has 3 nitrogen and oxygen atoms in total. The third-order valence-electron chi connectivity index (χ3n) is 2.60. The molecule has 0 saturated heterocycles. The molecule has 0 aliphatic rings. The number of H-pyrrole nitrogens is 1. The molecule has 16 heavy (non-hydrogen) atoms. The van der Waals surface area contributed by atoms with Gasteiger partial charge in [0.1, 0.15) is 0 Å². The van der Waals surface area contributed by atoms with Gasteiger partial charge >= 0.3 is 0 Å². The quantitative estimate of drug-likeness (QED) is 0.824. The lowest BCUT2D eigenvalue weighted by Crippen LogP contribution is -2.22. The van der Waals surface area contributed by atoms with E-state index in [9.17, 15) is 4.79 Å². The van der Waals surface area contributed by atoms with E-state index in [0.717, 1.165) is 22.9 Å². The van der Waals surface area contributed by atoms with Gasteiger partial charge in [0, 0.05) is 24.2 Å². The van der Waals surface area contributed by atoms with E-state index in [4.69, 9.17) is 0 Å². The summed E-state index contributed by atoms with van der Waals surface area (Å²) in [5, 5.41) is 5.13. The molecule has 1 aromatic carbocycles. The summed E-state index contributed by atoms with van der Waals surface area (Å²) >= 11 is 0. The van der Waals surface area contributed by atoms with Crippen molar-refractivity contribution in [2.45, 2.75) is 26.4 Å². The minimum absolute atomic E-state index is 0.0242. The first kappa shape index (κ1) is 10.9. The highest BCUT2D eigenvalue weighted by Gasteiger charge is 2.03. The van der Waals surface area contributed by atoms with Crippen LogP contribution in [0.2, 0.25) is 0 Å². The zero-order valence-corrected chi connectivity index (χ0v) is 9.58. The van der Waals surface area contributed by atoms with Gasteiger partial charge in [0.25, 0.3) is 5.56 Å². The summed E-state index contributed by atoms with van der Waals surface area (Å²) < 4.78 is 0. The normalized spacial score (nSPS) is 11.2. The van der Waals surface area contributed by atoms with Crippen molar-refractivity contribution in [3.05, 3.63) is 46.4 Å². The highest BCUT2D eigenvalue weighted by molar-refractivity contribution is 5.84. The van der Waals surface area contributed by atoms with Crippen LogP contribution in [-0.2, 0) is 6.54 Å². The van der Waals surface area contributed by atoms with Gasteiger partial charge < -0.3 is 10.3 Å². The van der Waals surface area contributed by atoms with E-state index in [1.807, 2.05) is 24.3 Å². The number of pyridine rings is 1. The molecule has 2 aromatic rings. The van der Waals surface area contributed by atoms with Gasteiger partial charge in [-0.25, -0.2) is 0 Å². The molecule has 0 bridgehead atoms. The lowest BCUT2D eigenvalue weighted by atomic mass is 10.1. The first-order valence-corrected chi connectivity index (χ1v) is 5.51. The van der Waals surface area contributed by atoms with Crippen LogP contribution in [0, 0.1) is 0 Å². The maximum Gasteiger partial charge on any atom is 0.255 e. The number of hydrogen-bond acceptors (Lipinski definition) is 2. The van der Waals surface area contributed by atoms with Crippen LogP contribution in [0.15, 0.2) is 35.3 Å². The van der Waals surface area contributed by atoms with Crippen LogP contribution in [0.25, 0.3) is 10.8 Å². The number of benzene rings is 1. The van der Waals surface area contributed by atoms with E-state index in [0.29, 0.717) is 6.04 Å². The molecule has 0 aliphatic carbocycles. The van der Waals surface area contributed by atoms with Crippen LogP contribution < -0.4 is 10.9 Å². The molecule has 2 N–H and O–H groups in total. The highest BCUT2D eigenvalue weighted by Crippen LogP contribution is 2.13. The van der Waals surface area contributed by atoms with E-state index in [-0.39, 0.29) is 5.56 Å². The highest BCUT2D eigenvalue weighted by atomic mass is 16.1. The zero-order valence-electron chi connectivity index (χ0n) is 9.58. The van der Waals surface area contributed by atoms with Crippen LogP contribution in [0.3, 0.4) is 0 Å². The number of fused-ring (bicyclic) bond motifs is 1. The monoisotopic (exact) mass is 216 g/mol. The Morgan fingerprint density at radius 3 is 2.62 bits per heavy atom. The maximum atomic E-state index is 11.6. The van der Waals surface area contributed by atoms with Crippen LogP contribution in [0.5, 0.6) is 0 Å². The van der Waals surface area contributed by atoms with Crippen molar-refractivity contribution in [3.8, 4) is 0 Å². The summed E-state index contributed by atoms with van der Waals surface area (Å²) in [6.07, 6.45) is 1.79. The summed E-state index contributed by atoms with van der Waals surface area (Å²) in [6.45, 7) is 4.98. The van der Waals surface area contributed by atoms with E-state index in [1.54, 1.807) is 6.20 Å². The van der Waals surface area contributed by atoms with Crippen molar-refractivity contribution in [1.29, 1.82) is 0 Å². The Morgan fingerprint density at radius 2 is 1.94 bits per heavy atom. The molecule has 0 aliphatic heterocycles. The molecule has 1 aromatic heterocycles. The van der Waals surface area contributed by atoms with Gasteiger partial charge in [-0.15, -0.1) is 0 Å². The molecular formula is C13H16N2O. The second kappa shape index (κ2) is 4.49. The third kappa shape index (κ3) is 2.14. The molecule has 0 spiro atoms. The molecule has 0 fully saturated rings. The van der Waals surface area contributed by atoms with Crippen LogP contribution in [-0.4, -0.2) is 11.0 Å². The van der Waals surface area contributed by atoms with Crippen molar-refractivity contribution in [3.63, 3.8) is 0 Å². The van der Waals surface area contributed by atoms with E-state index >= 15 is 0 Å². The summed E-state index contributed by atoms with van der Waals surface area (Å²) in [4.78, 5) is 14.4. The molecule has 0 atom stereocenters. The first-order valence-electron chi connectivity index (χ1n) is 5.51. The van der Waals surface area contributed by atoms with Crippen LogP contribution in [0.4, 0.5) is 0 Å². The molecule has 1 heterocycles. The van der Waals surface area contributed by atoms with E-state index in [1.165, 1.54) is 0 Å². The molecule has 0 unspecified atom stereocenters. The Hall–Kier alpha value is -1.61. The number of rotatable bonds is 3. The van der Waals surface area contributed by atoms with Gasteiger partial charge in [-0.2, -0.15) is 0 Å². The Bertz CT molecular complexity index is 543. The largest absolute Gasteiger partial charge is 0.328 e. The Balaban J connectivity index is 2.46. The number of aromatic nitrogens is 1. The smallest absolute Gasteiger partial charge is 0.255 e. The van der Waals surface area contributed by atoms with Crippen molar-refractivity contribution in [2.24, 2.45) is 0 Å². The van der Waals surface area contributed by atoms with Gasteiger partial charge in [-0.05, 0) is 17.0 Å². The minimum Gasteiger partial charge on any atom is -0.328 e. The topological polar surface area (TPSA) is 44.9 Å². The fraction of sp³-hybridized carbons (Fsp3) is 0.308. The molecule has 0 amide bonds.